The van der Waals surface area contributed by atoms with Gasteiger partial charge in [0.15, 0.2) is 17.5 Å². The van der Waals surface area contributed by atoms with Crippen LogP contribution in [0.5, 0.6) is 0 Å². The second-order valence-corrected chi connectivity index (χ2v) is 15.2. The fraction of sp³-hybridized carbons (Fsp3) is 0.0185. The SMILES string of the molecule is CN(c1ccccn1)c1ncccc1-c1cccc(-c2cc(-c3ccc4c(c3)c3cccnc3n4-c3ccccn3)cc(-c3nc(-c4ccccc4)nc(-c4ccccc4)n3)c2)c1. The number of aromatic nitrogens is 8. The van der Waals surface area contributed by atoms with Crippen LogP contribution >= 0.6 is 0 Å². The van der Waals surface area contributed by atoms with Gasteiger partial charge in [-0.2, -0.15) is 0 Å². The van der Waals surface area contributed by atoms with Crippen LogP contribution in [0.15, 0.2) is 207 Å². The van der Waals surface area contributed by atoms with Gasteiger partial charge in [0.25, 0.3) is 0 Å². The second kappa shape index (κ2) is 16.1. The minimum absolute atomic E-state index is 0.575. The van der Waals surface area contributed by atoms with E-state index in [4.69, 9.17) is 29.9 Å². The average molecular weight is 812 g/mol. The summed E-state index contributed by atoms with van der Waals surface area (Å²) in [5.74, 6) is 4.21. The van der Waals surface area contributed by atoms with Gasteiger partial charge >= 0.3 is 0 Å². The lowest BCUT2D eigenvalue weighted by molar-refractivity contribution is 1.06. The summed E-state index contributed by atoms with van der Waals surface area (Å²) in [5.41, 5.74) is 10.7. The molecule has 11 rings (SSSR count). The first kappa shape index (κ1) is 37.3. The van der Waals surface area contributed by atoms with E-state index in [2.05, 4.69) is 82.3 Å². The van der Waals surface area contributed by atoms with Crippen molar-refractivity contribution in [2.45, 2.75) is 0 Å². The monoisotopic (exact) mass is 811 g/mol. The van der Waals surface area contributed by atoms with Crippen molar-refractivity contribution >= 4 is 33.6 Å². The molecule has 9 heteroatoms. The minimum Gasteiger partial charge on any atom is -0.314 e. The number of pyridine rings is 4. The van der Waals surface area contributed by atoms with Crippen molar-refractivity contribution in [1.29, 1.82) is 0 Å². The third kappa shape index (κ3) is 7.13. The summed E-state index contributed by atoms with van der Waals surface area (Å²) in [5, 5.41) is 2.12. The fourth-order valence-electron chi connectivity index (χ4n) is 8.19. The maximum absolute atomic E-state index is 5.16. The Morgan fingerprint density at radius 3 is 1.65 bits per heavy atom. The van der Waals surface area contributed by atoms with Crippen LogP contribution in [0.1, 0.15) is 0 Å². The Kier molecular flexibility index (Phi) is 9.51. The van der Waals surface area contributed by atoms with Crippen molar-refractivity contribution in [3.63, 3.8) is 0 Å². The molecular formula is C54H37N9. The molecule has 298 valence electrons. The summed E-state index contributed by atoms with van der Waals surface area (Å²) in [6, 6.07) is 62.0. The van der Waals surface area contributed by atoms with Gasteiger partial charge < -0.3 is 4.90 Å². The molecule has 0 atom stereocenters. The summed E-state index contributed by atoms with van der Waals surface area (Å²) < 4.78 is 2.13. The summed E-state index contributed by atoms with van der Waals surface area (Å²) in [4.78, 5) is 36.3. The Hall–Kier alpha value is -8.69. The predicted molar refractivity (Wildman–Crippen MR) is 252 cm³/mol. The molecule has 0 saturated carbocycles. The zero-order chi connectivity index (χ0) is 42.1. The van der Waals surface area contributed by atoms with Crippen LogP contribution in [-0.2, 0) is 0 Å². The van der Waals surface area contributed by atoms with E-state index >= 15 is 0 Å². The van der Waals surface area contributed by atoms with E-state index in [1.807, 2.05) is 140 Å². The van der Waals surface area contributed by atoms with Crippen molar-refractivity contribution in [3.8, 4) is 73.4 Å². The molecule has 0 aliphatic carbocycles. The van der Waals surface area contributed by atoms with Gasteiger partial charge in [-0.15, -0.1) is 0 Å². The van der Waals surface area contributed by atoms with Crippen LogP contribution in [0.3, 0.4) is 0 Å². The van der Waals surface area contributed by atoms with E-state index in [1.54, 1.807) is 6.20 Å². The summed E-state index contributed by atoms with van der Waals surface area (Å²) >= 11 is 0. The summed E-state index contributed by atoms with van der Waals surface area (Å²) in [7, 11) is 2.00. The Balaban J connectivity index is 1.11. The van der Waals surface area contributed by atoms with Gasteiger partial charge in [0, 0.05) is 64.9 Å². The molecule has 0 fully saturated rings. The van der Waals surface area contributed by atoms with Crippen molar-refractivity contribution < 1.29 is 0 Å². The van der Waals surface area contributed by atoms with Gasteiger partial charge in [-0.1, -0.05) is 97.1 Å². The maximum Gasteiger partial charge on any atom is 0.164 e. The van der Waals surface area contributed by atoms with Crippen molar-refractivity contribution in [2.24, 2.45) is 0 Å². The van der Waals surface area contributed by atoms with Gasteiger partial charge in [0.05, 0.1) is 5.52 Å². The first-order valence-corrected chi connectivity index (χ1v) is 20.7. The van der Waals surface area contributed by atoms with Gasteiger partial charge in [0.2, 0.25) is 0 Å². The number of nitrogens with zero attached hydrogens (tertiary/aromatic N) is 9. The van der Waals surface area contributed by atoms with Crippen LogP contribution in [0, 0.1) is 0 Å². The molecule has 0 saturated heterocycles. The fourth-order valence-corrected chi connectivity index (χ4v) is 8.19. The smallest absolute Gasteiger partial charge is 0.164 e. The molecule has 0 unspecified atom stereocenters. The van der Waals surface area contributed by atoms with Crippen LogP contribution < -0.4 is 4.90 Å². The molecule has 0 radical (unpaired) electrons. The number of anilines is 2. The first-order valence-electron chi connectivity index (χ1n) is 20.7. The summed E-state index contributed by atoms with van der Waals surface area (Å²) in [6.07, 6.45) is 7.26. The average Bonchev–Trinajstić information content (AvgIpc) is 3.70. The van der Waals surface area contributed by atoms with E-state index in [0.717, 1.165) is 89.5 Å². The van der Waals surface area contributed by atoms with E-state index in [9.17, 15) is 0 Å². The van der Waals surface area contributed by atoms with Crippen molar-refractivity contribution in [2.75, 3.05) is 11.9 Å². The molecule has 63 heavy (non-hydrogen) atoms. The van der Waals surface area contributed by atoms with Crippen molar-refractivity contribution in [1.82, 2.24) is 39.5 Å². The van der Waals surface area contributed by atoms with Crippen LogP contribution in [0.25, 0.3) is 95.3 Å². The molecule has 0 aliphatic rings. The second-order valence-electron chi connectivity index (χ2n) is 15.2. The first-order chi connectivity index (χ1) is 31.1. The predicted octanol–water partition coefficient (Wildman–Crippen LogP) is 12.3. The molecule has 0 N–H and O–H groups in total. The number of hydrogen-bond donors (Lipinski definition) is 0. The molecule has 11 aromatic rings. The van der Waals surface area contributed by atoms with E-state index in [-0.39, 0.29) is 0 Å². The molecule has 5 aromatic carbocycles. The normalized spacial score (nSPS) is 11.3. The topological polar surface area (TPSA) is 98.4 Å². The van der Waals surface area contributed by atoms with Crippen LogP contribution in [-0.4, -0.2) is 46.5 Å². The van der Waals surface area contributed by atoms with Gasteiger partial charge in [-0.25, -0.2) is 34.9 Å². The van der Waals surface area contributed by atoms with Crippen LogP contribution in [0.4, 0.5) is 11.6 Å². The van der Waals surface area contributed by atoms with E-state index in [0.29, 0.717) is 17.5 Å². The van der Waals surface area contributed by atoms with Crippen LogP contribution in [0.2, 0.25) is 0 Å². The van der Waals surface area contributed by atoms with Gasteiger partial charge in [-0.3, -0.25) is 4.57 Å². The highest BCUT2D eigenvalue weighted by Gasteiger charge is 2.19. The highest BCUT2D eigenvalue weighted by Crippen LogP contribution is 2.39. The molecule has 0 amide bonds. The molecule has 0 aliphatic heterocycles. The Morgan fingerprint density at radius 2 is 0.952 bits per heavy atom. The van der Waals surface area contributed by atoms with Gasteiger partial charge in [-0.05, 0) is 113 Å². The molecular weight excluding hydrogens is 775 g/mol. The standard InChI is InChI=1S/C54H37N9/c1-62(48-23-8-10-27-55-48)53-44(21-13-29-57-53)40-20-12-19-38(31-40)41-32-42(39-25-26-47-46(35-39)45-22-14-30-58-54(45)63(47)49-24-9-11-28-56-49)34-43(33-41)52-60-50(36-15-4-2-5-16-36)59-51(61-52)37-17-6-3-7-18-37/h2-35H,1H3. The number of rotatable bonds is 9. The summed E-state index contributed by atoms with van der Waals surface area (Å²) in [6.45, 7) is 0. The number of fused-ring (bicyclic) bond motifs is 3. The lowest BCUT2D eigenvalue weighted by Crippen LogP contribution is -2.13. The molecule has 6 heterocycles. The Labute approximate surface area is 363 Å². The lowest BCUT2D eigenvalue weighted by Gasteiger charge is -2.20. The highest BCUT2D eigenvalue weighted by atomic mass is 15.2. The third-order valence-electron chi connectivity index (χ3n) is 11.2. The third-order valence-corrected chi connectivity index (χ3v) is 11.2. The molecule has 0 spiro atoms. The van der Waals surface area contributed by atoms with E-state index in [1.165, 1.54) is 0 Å². The Morgan fingerprint density at radius 1 is 0.381 bits per heavy atom. The van der Waals surface area contributed by atoms with Crippen molar-refractivity contribution in [3.05, 3.63) is 207 Å². The Bertz CT molecular complexity index is 3350. The largest absolute Gasteiger partial charge is 0.314 e. The molecule has 6 aromatic heterocycles. The maximum atomic E-state index is 5.16. The zero-order valence-corrected chi connectivity index (χ0v) is 34.2. The number of benzene rings is 5. The molecule has 9 nitrogen and oxygen atoms in total. The minimum atomic E-state index is 0.575. The zero-order valence-electron chi connectivity index (χ0n) is 34.2. The highest BCUT2D eigenvalue weighted by molar-refractivity contribution is 6.09. The molecule has 0 bridgehead atoms. The lowest BCUT2D eigenvalue weighted by atomic mass is 9.93. The number of hydrogen-bond acceptors (Lipinski definition) is 8. The quantitative estimate of drug-likeness (QED) is 0.142. The van der Waals surface area contributed by atoms with Gasteiger partial charge in [0.1, 0.15) is 23.1 Å². The van der Waals surface area contributed by atoms with E-state index < -0.39 is 0 Å².